The van der Waals surface area contributed by atoms with Gasteiger partial charge >= 0.3 is 0 Å². The molecule has 0 spiro atoms. The van der Waals surface area contributed by atoms with Crippen LogP contribution in [-0.4, -0.2) is 0 Å². The second-order valence-corrected chi connectivity index (χ2v) is 4.69. The first kappa shape index (κ1) is 11.5. The van der Waals surface area contributed by atoms with Gasteiger partial charge in [-0.05, 0) is 66.4 Å². The molecule has 2 rings (SSSR count). The molecule has 0 saturated carbocycles. The van der Waals surface area contributed by atoms with Gasteiger partial charge in [-0.2, -0.15) is 0 Å². The van der Waals surface area contributed by atoms with Crippen LogP contribution in [0.2, 0.25) is 10.0 Å². The van der Waals surface area contributed by atoms with Gasteiger partial charge in [-0.1, -0.05) is 29.3 Å². The van der Waals surface area contributed by atoms with Crippen LogP contribution in [0.1, 0.15) is 11.1 Å². The van der Waals surface area contributed by atoms with Crippen molar-refractivity contribution < 1.29 is 0 Å². The van der Waals surface area contributed by atoms with E-state index < -0.39 is 0 Å². The smallest absolute Gasteiger partial charge is 0.0418 e. The van der Waals surface area contributed by atoms with E-state index in [0.717, 1.165) is 21.7 Å². The third-order valence-electron chi connectivity index (χ3n) is 2.60. The SMILES string of the molecule is Cc1[c]cc(Cl)cc1-c1cc(Cl)ccc1C. The molecule has 0 saturated heterocycles. The molecule has 0 heterocycles. The Hall–Kier alpha value is -0.980. The second kappa shape index (κ2) is 4.48. The molecule has 0 fully saturated rings. The predicted molar refractivity (Wildman–Crippen MR) is 70.2 cm³/mol. The monoisotopic (exact) mass is 249 g/mol. The van der Waals surface area contributed by atoms with Crippen LogP contribution in [0.5, 0.6) is 0 Å². The Morgan fingerprint density at radius 2 is 1.62 bits per heavy atom. The third-order valence-corrected chi connectivity index (χ3v) is 3.06. The van der Waals surface area contributed by atoms with Crippen molar-refractivity contribution in [1.29, 1.82) is 0 Å². The number of aryl methyl sites for hydroxylation is 2. The fourth-order valence-corrected chi connectivity index (χ4v) is 2.04. The molecule has 0 atom stereocenters. The lowest BCUT2D eigenvalue weighted by atomic mass is 9.97. The predicted octanol–water partition coefficient (Wildman–Crippen LogP) is 5.08. The number of hydrogen-bond donors (Lipinski definition) is 0. The third kappa shape index (κ3) is 2.23. The first-order valence-electron chi connectivity index (χ1n) is 5.02. The molecule has 0 unspecified atom stereocenters. The van der Waals surface area contributed by atoms with Crippen molar-refractivity contribution in [3.8, 4) is 11.1 Å². The summed E-state index contributed by atoms with van der Waals surface area (Å²) in [6.45, 7) is 4.08. The molecule has 81 valence electrons. The summed E-state index contributed by atoms with van der Waals surface area (Å²) >= 11 is 12.0. The highest BCUT2D eigenvalue weighted by Crippen LogP contribution is 2.30. The highest BCUT2D eigenvalue weighted by Gasteiger charge is 2.06. The Labute approximate surface area is 106 Å². The summed E-state index contributed by atoms with van der Waals surface area (Å²) in [7, 11) is 0. The van der Waals surface area contributed by atoms with E-state index in [1.165, 1.54) is 5.56 Å². The summed E-state index contributed by atoms with van der Waals surface area (Å²) in [6, 6.07) is 12.7. The van der Waals surface area contributed by atoms with Crippen molar-refractivity contribution in [3.05, 3.63) is 57.6 Å². The van der Waals surface area contributed by atoms with Crippen LogP contribution < -0.4 is 0 Å². The summed E-state index contributed by atoms with van der Waals surface area (Å²) in [5.74, 6) is 0. The summed E-state index contributed by atoms with van der Waals surface area (Å²) in [5.41, 5.74) is 4.47. The van der Waals surface area contributed by atoms with E-state index in [1.807, 2.05) is 31.2 Å². The van der Waals surface area contributed by atoms with Crippen molar-refractivity contribution in [2.75, 3.05) is 0 Å². The van der Waals surface area contributed by atoms with Crippen molar-refractivity contribution in [1.82, 2.24) is 0 Å². The fourth-order valence-electron chi connectivity index (χ4n) is 1.71. The van der Waals surface area contributed by atoms with E-state index in [1.54, 1.807) is 6.07 Å². The van der Waals surface area contributed by atoms with Gasteiger partial charge in [-0.25, -0.2) is 0 Å². The zero-order valence-electron chi connectivity index (χ0n) is 9.14. The van der Waals surface area contributed by atoms with Gasteiger partial charge in [0.15, 0.2) is 0 Å². The maximum absolute atomic E-state index is 6.02. The van der Waals surface area contributed by atoms with Crippen molar-refractivity contribution in [3.63, 3.8) is 0 Å². The van der Waals surface area contributed by atoms with Gasteiger partial charge in [-0.15, -0.1) is 0 Å². The molecule has 0 aliphatic rings. The van der Waals surface area contributed by atoms with Gasteiger partial charge in [-0.3, -0.25) is 0 Å². The molecule has 2 aromatic rings. The molecular weight excluding hydrogens is 239 g/mol. The van der Waals surface area contributed by atoms with Gasteiger partial charge in [0.1, 0.15) is 0 Å². The lowest BCUT2D eigenvalue weighted by Gasteiger charge is -2.10. The lowest BCUT2D eigenvalue weighted by molar-refractivity contribution is 1.40. The lowest BCUT2D eigenvalue weighted by Crippen LogP contribution is -1.87. The quantitative estimate of drug-likeness (QED) is 0.662. The summed E-state index contributed by atoms with van der Waals surface area (Å²) < 4.78 is 0. The maximum atomic E-state index is 6.02. The van der Waals surface area contributed by atoms with Crippen molar-refractivity contribution in [2.24, 2.45) is 0 Å². The van der Waals surface area contributed by atoms with Crippen molar-refractivity contribution >= 4 is 23.2 Å². The van der Waals surface area contributed by atoms with Crippen LogP contribution in [0, 0.1) is 19.9 Å². The zero-order chi connectivity index (χ0) is 11.7. The van der Waals surface area contributed by atoms with Gasteiger partial charge in [0, 0.05) is 10.0 Å². The number of benzene rings is 2. The van der Waals surface area contributed by atoms with Crippen molar-refractivity contribution in [2.45, 2.75) is 13.8 Å². The van der Waals surface area contributed by atoms with Crippen LogP contribution >= 0.6 is 23.2 Å². The van der Waals surface area contributed by atoms with Gasteiger partial charge in [0.25, 0.3) is 0 Å². The van der Waals surface area contributed by atoms with Crippen LogP contribution in [0.3, 0.4) is 0 Å². The first-order chi connectivity index (χ1) is 7.58. The van der Waals surface area contributed by atoms with E-state index >= 15 is 0 Å². The molecular formula is C14H11Cl2. The molecule has 0 nitrogen and oxygen atoms in total. The molecule has 0 aromatic heterocycles. The molecule has 0 N–H and O–H groups in total. The minimum atomic E-state index is 0.694. The Balaban J connectivity index is 2.66. The van der Waals surface area contributed by atoms with E-state index in [-0.39, 0.29) is 0 Å². The number of hydrogen-bond acceptors (Lipinski definition) is 0. The van der Waals surface area contributed by atoms with Crippen LogP contribution in [-0.2, 0) is 0 Å². The molecule has 2 heteroatoms. The number of halogens is 2. The molecule has 0 amide bonds. The Morgan fingerprint density at radius 3 is 2.38 bits per heavy atom. The highest BCUT2D eigenvalue weighted by molar-refractivity contribution is 6.31. The van der Waals surface area contributed by atoms with Gasteiger partial charge < -0.3 is 0 Å². The minimum absolute atomic E-state index is 0.694. The largest absolute Gasteiger partial charge is 0.0843 e. The average molecular weight is 250 g/mol. The van der Waals surface area contributed by atoms with E-state index in [2.05, 4.69) is 13.0 Å². The molecule has 0 aliphatic carbocycles. The molecule has 1 radical (unpaired) electrons. The number of rotatable bonds is 1. The Bertz CT molecular complexity index is 481. The maximum Gasteiger partial charge on any atom is 0.0418 e. The summed E-state index contributed by atoms with van der Waals surface area (Å²) in [6.07, 6.45) is 0. The molecule has 0 aliphatic heterocycles. The van der Waals surface area contributed by atoms with Crippen LogP contribution in [0.15, 0.2) is 30.3 Å². The standard InChI is InChI=1S/C14H11Cl2/c1-9-3-5-11(15)7-13(9)14-8-12(16)6-4-10(14)2/h3,5-8H,1-2H3. The first-order valence-corrected chi connectivity index (χ1v) is 5.78. The minimum Gasteiger partial charge on any atom is -0.0843 e. The van der Waals surface area contributed by atoms with Gasteiger partial charge in [0.05, 0.1) is 0 Å². The Kier molecular flexibility index (Phi) is 3.22. The van der Waals surface area contributed by atoms with Crippen LogP contribution in [0.4, 0.5) is 0 Å². The average Bonchev–Trinajstić information content (AvgIpc) is 2.25. The highest BCUT2D eigenvalue weighted by atomic mass is 35.5. The van der Waals surface area contributed by atoms with E-state index in [0.29, 0.717) is 5.02 Å². The van der Waals surface area contributed by atoms with E-state index in [9.17, 15) is 0 Å². The molecule has 0 bridgehead atoms. The second-order valence-electron chi connectivity index (χ2n) is 3.82. The summed E-state index contributed by atoms with van der Waals surface area (Å²) in [5, 5.41) is 1.43. The topological polar surface area (TPSA) is 0 Å². The van der Waals surface area contributed by atoms with Crippen LogP contribution in [0.25, 0.3) is 11.1 Å². The summed E-state index contributed by atoms with van der Waals surface area (Å²) in [4.78, 5) is 0. The van der Waals surface area contributed by atoms with E-state index in [4.69, 9.17) is 23.2 Å². The molecule has 16 heavy (non-hydrogen) atoms. The molecule has 2 aromatic carbocycles. The van der Waals surface area contributed by atoms with Gasteiger partial charge in [0.2, 0.25) is 0 Å². The fraction of sp³-hybridized carbons (Fsp3) is 0.143. The zero-order valence-corrected chi connectivity index (χ0v) is 10.7. The Morgan fingerprint density at radius 1 is 0.938 bits per heavy atom. The normalized spacial score (nSPS) is 10.5.